The highest BCUT2D eigenvalue weighted by Gasteiger charge is 2.40. The van der Waals surface area contributed by atoms with Crippen LogP contribution >= 0.6 is 0 Å². The monoisotopic (exact) mass is 279 g/mol. The molecule has 2 atom stereocenters. The molecule has 2 saturated carbocycles. The van der Waals surface area contributed by atoms with Gasteiger partial charge in [0.05, 0.1) is 5.60 Å². The third-order valence-electron chi connectivity index (χ3n) is 6.11. The first-order valence-corrected chi connectivity index (χ1v) is 9.17. The molecule has 0 aromatic rings. The lowest BCUT2D eigenvalue weighted by atomic mass is 9.87. The van der Waals surface area contributed by atoms with Crippen molar-refractivity contribution in [3.8, 4) is 0 Å². The molecule has 1 aliphatic heterocycles. The van der Waals surface area contributed by atoms with Crippen LogP contribution in [0.2, 0.25) is 0 Å². The van der Waals surface area contributed by atoms with Crippen molar-refractivity contribution in [3.63, 3.8) is 0 Å². The van der Waals surface area contributed by atoms with E-state index in [0.29, 0.717) is 12.1 Å². The number of rotatable bonds is 3. The van der Waals surface area contributed by atoms with Gasteiger partial charge in [0.15, 0.2) is 0 Å². The van der Waals surface area contributed by atoms with Crippen molar-refractivity contribution in [3.05, 3.63) is 0 Å². The van der Waals surface area contributed by atoms with Gasteiger partial charge in [-0.3, -0.25) is 0 Å². The zero-order valence-corrected chi connectivity index (χ0v) is 13.3. The second-order valence-corrected chi connectivity index (χ2v) is 7.64. The third kappa shape index (κ3) is 3.57. The van der Waals surface area contributed by atoms with Crippen LogP contribution in [0.25, 0.3) is 0 Å². The summed E-state index contributed by atoms with van der Waals surface area (Å²) in [6.45, 7) is 3.42. The first-order valence-electron chi connectivity index (χ1n) is 9.17. The molecule has 2 aliphatic carbocycles. The predicted molar refractivity (Wildman–Crippen MR) is 84.0 cm³/mol. The van der Waals surface area contributed by atoms with E-state index in [1.807, 2.05) is 0 Å². The first kappa shape index (κ1) is 14.8. The summed E-state index contributed by atoms with van der Waals surface area (Å²) < 4.78 is 6.16. The number of hydrogen-bond donors (Lipinski definition) is 1. The maximum atomic E-state index is 6.16. The van der Waals surface area contributed by atoms with Gasteiger partial charge < -0.3 is 10.1 Å². The number of ether oxygens (including phenoxy) is 1. The van der Waals surface area contributed by atoms with Crippen LogP contribution < -0.4 is 5.32 Å². The largest absolute Gasteiger partial charge is 0.375 e. The molecule has 0 bridgehead atoms. The average molecular weight is 279 g/mol. The Morgan fingerprint density at radius 1 is 0.950 bits per heavy atom. The van der Waals surface area contributed by atoms with Gasteiger partial charge in [-0.05, 0) is 51.4 Å². The Morgan fingerprint density at radius 2 is 1.65 bits per heavy atom. The smallest absolute Gasteiger partial charge is 0.0697 e. The van der Waals surface area contributed by atoms with E-state index in [1.165, 1.54) is 77.0 Å². The van der Waals surface area contributed by atoms with E-state index < -0.39 is 0 Å². The van der Waals surface area contributed by atoms with Crippen LogP contribution in [0.5, 0.6) is 0 Å². The van der Waals surface area contributed by atoms with Crippen LogP contribution in [0.3, 0.4) is 0 Å². The maximum absolute atomic E-state index is 6.16. The summed E-state index contributed by atoms with van der Waals surface area (Å²) in [6, 6.07) is 1.41. The maximum Gasteiger partial charge on any atom is 0.0697 e. The highest BCUT2D eigenvalue weighted by Crippen LogP contribution is 2.40. The summed E-state index contributed by atoms with van der Waals surface area (Å²) in [4.78, 5) is 0. The summed E-state index contributed by atoms with van der Waals surface area (Å²) >= 11 is 0. The molecule has 1 saturated heterocycles. The SMILES string of the molecule is C[C@@H](NC1CCOC2(CCCC2)C1)C1CCCCCC1. The Bertz CT molecular complexity index is 290. The van der Waals surface area contributed by atoms with Crippen molar-refractivity contribution < 1.29 is 4.74 Å². The van der Waals surface area contributed by atoms with Crippen LogP contribution in [0.15, 0.2) is 0 Å². The minimum Gasteiger partial charge on any atom is -0.375 e. The molecule has 1 N–H and O–H groups in total. The molecule has 2 heteroatoms. The molecular formula is C18H33NO. The van der Waals surface area contributed by atoms with Gasteiger partial charge in [-0.15, -0.1) is 0 Å². The van der Waals surface area contributed by atoms with Gasteiger partial charge >= 0.3 is 0 Å². The quantitative estimate of drug-likeness (QED) is 0.772. The normalized spacial score (nSPS) is 33.1. The molecule has 0 aromatic carbocycles. The van der Waals surface area contributed by atoms with Crippen LogP contribution in [-0.4, -0.2) is 24.3 Å². The van der Waals surface area contributed by atoms with Crippen LogP contribution in [0.1, 0.15) is 84.0 Å². The molecule has 0 radical (unpaired) electrons. The fourth-order valence-corrected chi connectivity index (χ4v) is 4.86. The molecule has 1 heterocycles. The molecule has 0 amide bonds. The summed E-state index contributed by atoms with van der Waals surface area (Å²) in [5.41, 5.74) is 0.263. The van der Waals surface area contributed by atoms with E-state index in [-0.39, 0.29) is 5.60 Å². The van der Waals surface area contributed by atoms with E-state index in [2.05, 4.69) is 12.2 Å². The summed E-state index contributed by atoms with van der Waals surface area (Å²) in [6.07, 6.45) is 16.6. The zero-order chi connectivity index (χ0) is 13.8. The standard InChI is InChI=1S/C18H33NO/c1-15(16-8-4-2-3-5-9-16)19-17-10-13-20-18(14-17)11-6-7-12-18/h15-17,19H,2-14H2,1H3/t15-,17?/m1/s1. The summed E-state index contributed by atoms with van der Waals surface area (Å²) in [7, 11) is 0. The van der Waals surface area contributed by atoms with Crippen molar-refractivity contribution in [2.75, 3.05) is 6.61 Å². The fourth-order valence-electron chi connectivity index (χ4n) is 4.86. The molecule has 3 rings (SSSR count). The third-order valence-corrected chi connectivity index (χ3v) is 6.11. The molecule has 20 heavy (non-hydrogen) atoms. The minimum absolute atomic E-state index is 0.263. The molecule has 3 aliphatic rings. The molecule has 0 aromatic heterocycles. The van der Waals surface area contributed by atoms with Crippen molar-refractivity contribution >= 4 is 0 Å². The Labute approximate surface area is 125 Å². The van der Waals surface area contributed by atoms with Crippen LogP contribution in [-0.2, 0) is 4.74 Å². The lowest BCUT2D eigenvalue weighted by Crippen LogP contribution is -2.49. The van der Waals surface area contributed by atoms with Crippen molar-refractivity contribution in [1.29, 1.82) is 0 Å². The average Bonchev–Trinajstić information content (AvgIpc) is 2.73. The van der Waals surface area contributed by atoms with Crippen LogP contribution in [0, 0.1) is 5.92 Å². The molecular weight excluding hydrogens is 246 g/mol. The van der Waals surface area contributed by atoms with Crippen LogP contribution in [0.4, 0.5) is 0 Å². The van der Waals surface area contributed by atoms with E-state index in [0.717, 1.165) is 12.5 Å². The Hall–Kier alpha value is -0.0800. The van der Waals surface area contributed by atoms with Gasteiger partial charge in [0, 0.05) is 18.7 Å². The molecule has 2 nitrogen and oxygen atoms in total. The Balaban J connectivity index is 1.51. The minimum atomic E-state index is 0.263. The predicted octanol–water partition coefficient (Wildman–Crippen LogP) is 4.43. The van der Waals surface area contributed by atoms with E-state index in [1.54, 1.807) is 0 Å². The van der Waals surface area contributed by atoms with Crippen molar-refractivity contribution in [2.45, 2.75) is 102 Å². The molecule has 1 unspecified atom stereocenters. The highest BCUT2D eigenvalue weighted by molar-refractivity contribution is 4.94. The topological polar surface area (TPSA) is 21.3 Å². The Morgan fingerprint density at radius 3 is 2.35 bits per heavy atom. The molecule has 1 spiro atoms. The fraction of sp³-hybridized carbons (Fsp3) is 1.00. The van der Waals surface area contributed by atoms with E-state index >= 15 is 0 Å². The van der Waals surface area contributed by atoms with E-state index in [9.17, 15) is 0 Å². The number of hydrogen-bond acceptors (Lipinski definition) is 2. The van der Waals surface area contributed by atoms with Gasteiger partial charge in [0.25, 0.3) is 0 Å². The highest BCUT2D eigenvalue weighted by atomic mass is 16.5. The zero-order valence-electron chi connectivity index (χ0n) is 13.3. The second-order valence-electron chi connectivity index (χ2n) is 7.64. The van der Waals surface area contributed by atoms with Gasteiger partial charge in [0.2, 0.25) is 0 Å². The number of nitrogens with one attached hydrogen (secondary N) is 1. The van der Waals surface area contributed by atoms with Gasteiger partial charge in [-0.2, -0.15) is 0 Å². The first-order chi connectivity index (χ1) is 9.77. The van der Waals surface area contributed by atoms with Crippen molar-refractivity contribution in [2.24, 2.45) is 5.92 Å². The van der Waals surface area contributed by atoms with Crippen molar-refractivity contribution in [1.82, 2.24) is 5.32 Å². The van der Waals surface area contributed by atoms with Gasteiger partial charge in [0.1, 0.15) is 0 Å². The van der Waals surface area contributed by atoms with Gasteiger partial charge in [-0.1, -0.05) is 38.5 Å². The summed E-state index contributed by atoms with van der Waals surface area (Å²) in [5, 5.41) is 3.99. The molecule has 3 fully saturated rings. The molecule has 116 valence electrons. The lowest BCUT2D eigenvalue weighted by molar-refractivity contribution is -0.0852. The lowest BCUT2D eigenvalue weighted by Gasteiger charge is -2.40. The second kappa shape index (κ2) is 6.79. The Kier molecular flexibility index (Phi) is 5.04. The van der Waals surface area contributed by atoms with E-state index in [4.69, 9.17) is 4.74 Å². The summed E-state index contributed by atoms with van der Waals surface area (Å²) in [5.74, 6) is 0.917. The van der Waals surface area contributed by atoms with Gasteiger partial charge in [-0.25, -0.2) is 0 Å².